The summed E-state index contributed by atoms with van der Waals surface area (Å²) in [6.07, 6.45) is 0.705. The Morgan fingerprint density at radius 3 is 2.88 bits per heavy atom. The monoisotopic (exact) mass is 241 g/mol. The number of nitrogens with one attached hydrogen (secondary N) is 1. The van der Waals surface area contributed by atoms with Crippen LogP contribution >= 0.6 is 0 Å². The number of aliphatic hydroxyl groups excluding tert-OH is 1. The van der Waals surface area contributed by atoms with Crippen LogP contribution in [0.25, 0.3) is 0 Å². The molecule has 0 bridgehead atoms. The highest BCUT2D eigenvalue weighted by Crippen LogP contribution is 2.15. The third-order valence-electron chi connectivity index (χ3n) is 2.24. The average molecular weight is 241 g/mol. The minimum absolute atomic E-state index is 0.0290. The fourth-order valence-electron chi connectivity index (χ4n) is 1.47. The molecule has 0 aromatic carbocycles. The maximum Gasteiger partial charge on any atom is 0.256 e. The molecule has 1 atom stereocenters. The first-order chi connectivity index (χ1) is 7.97. The number of aliphatic hydroxyl groups is 1. The molecule has 0 saturated carbocycles. The number of aromatic nitrogens is 1. The molecule has 17 heavy (non-hydrogen) atoms. The second-order valence-corrected chi connectivity index (χ2v) is 3.81. The van der Waals surface area contributed by atoms with E-state index in [4.69, 9.17) is 0 Å². The van der Waals surface area contributed by atoms with Gasteiger partial charge in [-0.2, -0.15) is 0 Å². The van der Waals surface area contributed by atoms with Gasteiger partial charge >= 0.3 is 0 Å². The number of rotatable bonds is 4. The van der Waals surface area contributed by atoms with E-state index in [1.165, 1.54) is 31.3 Å². The van der Waals surface area contributed by atoms with Crippen LogP contribution < -0.4 is 5.32 Å². The van der Waals surface area contributed by atoms with Gasteiger partial charge in [0, 0.05) is 26.8 Å². The number of amides is 1. The van der Waals surface area contributed by atoms with Crippen molar-refractivity contribution < 1.29 is 14.3 Å². The Bertz CT molecular complexity index is 410. The molecule has 0 aliphatic rings. The van der Waals surface area contributed by atoms with Crippen molar-refractivity contribution in [2.75, 3.05) is 26.0 Å². The minimum Gasteiger partial charge on any atom is -0.392 e. The number of hydrogen-bond donors (Lipinski definition) is 2. The second-order valence-electron chi connectivity index (χ2n) is 3.81. The third kappa shape index (κ3) is 3.13. The summed E-state index contributed by atoms with van der Waals surface area (Å²) in [5, 5.41) is 11.7. The third-order valence-corrected chi connectivity index (χ3v) is 2.24. The highest BCUT2D eigenvalue weighted by molar-refractivity contribution is 5.95. The van der Waals surface area contributed by atoms with Gasteiger partial charge < -0.3 is 15.3 Å². The van der Waals surface area contributed by atoms with Gasteiger partial charge in [0.2, 0.25) is 0 Å². The maximum atomic E-state index is 13.8. The second kappa shape index (κ2) is 5.58. The van der Waals surface area contributed by atoms with Crippen LogP contribution in [0.4, 0.5) is 10.2 Å². The molecule has 1 heterocycles. The van der Waals surface area contributed by atoms with Crippen molar-refractivity contribution in [1.82, 2.24) is 9.88 Å². The quantitative estimate of drug-likeness (QED) is 0.815. The van der Waals surface area contributed by atoms with Crippen LogP contribution in [-0.2, 0) is 0 Å². The molecule has 1 aromatic heterocycles. The molecule has 1 rings (SSSR count). The molecule has 1 amide bonds. The number of pyridine rings is 1. The lowest BCUT2D eigenvalue weighted by Gasteiger charge is -2.19. The van der Waals surface area contributed by atoms with Crippen LogP contribution in [0.5, 0.6) is 0 Å². The fourth-order valence-corrected chi connectivity index (χ4v) is 1.47. The Hall–Kier alpha value is -1.69. The molecule has 0 aliphatic heterocycles. The van der Waals surface area contributed by atoms with Crippen molar-refractivity contribution in [2.45, 2.75) is 13.0 Å². The highest BCUT2D eigenvalue weighted by atomic mass is 19.1. The van der Waals surface area contributed by atoms with E-state index in [1.54, 1.807) is 6.92 Å². The maximum absolute atomic E-state index is 13.8. The number of halogens is 1. The number of nitrogens with zero attached hydrogens (tertiary/aromatic N) is 2. The molecule has 0 saturated heterocycles. The molecule has 0 aliphatic carbocycles. The zero-order valence-corrected chi connectivity index (χ0v) is 10.1. The number of anilines is 1. The first-order valence-electron chi connectivity index (χ1n) is 5.23. The number of hydrogen-bond acceptors (Lipinski definition) is 4. The number of likely N-dealkylation sites (N-methyl/N-ethyl adjacent to an activating group) is 1. The Labute approximate surface area is 99.3 Å². The topological polar surface area (TPSA) is 65.5 Å². The molecule has 94 valence electrons. The zero-order valence-electron chi connectivity index (χ0n) is 10.1. The molecule has 6 heteroatoms. The van der Waals surface area contributed by atoms with Crippen LogP contribution in [0, 0.1) is 5.82 Å². The standard InChI is InChI=1S/C11H16FN3O2/c1-7(16)6-15(3)11(17)8-4-5-14-10(13-2)9(8)12/h4-5,7,16H,6H2,1-3H3,(H,13,14). The Kier molecular flexibility index (Phi) is 4.39. The molecule has 2 N–H and O–H groups in total. The average Bonchev–Trinajstić information content (AvgIpc) is 2.27. The van der Waals surface area contributed by atoms with Crippen molar-refractivity contribution in [3.63, 3.8) is 0 Å². The van der Waals surface area contributed by atoms with Gasteiger partial charge in [0.05, 0.1) is 11.7 Å². The smallest absolute Gasteiger partial charge is 0.256 e. The normalized spacial score (nSPS) is 12.1. The van der Waals surface area contributed by atoms with E-state index in [-0.39, 0.29) is 17.9 Å². The minimum atomic E-state index is -0.683. The Morgan fingerprint density at radius 1 is 1.71 bits per heavy atom. The summed E-state index contributed by atoms with van der Waals surface area (Å²) in [4.78, 5) is 16.9. The molecule has 0 spiro atoms. The molecule has 0 fully saturated rings. The van der Waals surface area contributed by atoms with Gasteiger partial charge in [-0.3, -0.25) is 4.79 Å². The van der Waals surface area contributed by atoms with Gasteiger partial charge in [-0.15, -0.1) is 0 Å². The predicted molar refractivity (Wildman–Crippen MR) is 62.4 cm³/mol. The summed E-state index contributed by atoms with van der Waals surface area (Å²) in [6, 6.07) is 1.32. The summed E-state index contributed by atoms with van der Waals surface area (Å²) in [7, 11) is 3.03. The lowest BCUT2D eigenvalue weighted by molar-refractivity contribution is 0.0699. The number of carbonyl (C=O) groups is 1. The van der Waals surface area contributed by atoms with E-state index in [0.29, 0.717) is 0 Å². The number of carbonyl (C=O) groups excluding carboxylic acids is 1. The fraction of sp³-hybridized carbons (Fsp3) is 0.455. The van der Waals surface area contributed by atoms with E-state index in [1.807, 2.05) is 0 Å². The van der Waals surface area contributed by atoms with E-state index in [2.05, 4.69) is 10.3 Å². The summed E-state index contributed by atoms with van der Waals surface area (Å²) in [5.74, 6) is -1.14. The Morgan fingerprint density at radius 2 is 2.35 bits per heavy atom. The van der Waals surface area contributed by atoms with Crippen LogP contribution in [0.15, 0.2) is 12.3 Å². The zero-order chi connectivity index (χ0) is 13.0. The van der Waals surface area contributed by atoms with Gasteiger partial charge in [0.15, 0.2) is 11.6 Å². The Balaban J connectivity index is 2.96. The largest absolute Gasteiger partial charge is 0.392 e. The van der Waals surface area contributed by atoms with Gasteiger partial charge in [-0.1, -0.05) is 0 Å². The molecule has 5 nitrogen and oxygen atoms in total. The first-order valence-corrected chi connectivity index (χ1v) is 5.23. The van der Waals surface area contributed by atoms with Gasteiger partial charge in [0.1, 0.15) is 0 Å². The van der Waals surface area contributed by atoms with Crippen molar-refractivity contribution >= 4 is 11.7 Å². The summed E-state index contributed by atoms with van der Waals surface area (Å²) in [5.41, 5.74) is -0.0625. The highest BCUT2D eigenvalue weighted by Gasteiger charge is 2.19. The lowest BCUT2D eigenvalue weighted by atomic mass is 10.2. The van der Waals surface area contributed by atoms with Crippen LogP contribution in [0.2, 0.25) is 0 Å². The van der Waals surface area contributed by atoms with Gasteiger partial charge in [0.25, 0.3) is 5.91 Å². The molecule has 0 radical (unpaired) electrons. The molecule has 1 unspecified atom stereocenters. The molecular formula is C11H16FN3O2. The summed E-state index contributed by atoms with van der Waals surface area (Å²) >= 11 is 0. The van der Waals surface area contributed by atoms with E-state index in [9.17, 15) is 14.3 Å². The summed E-state index contributed by atoms with van der Waals surface area (Å²) in [6.45, 7) is 1.71. The van der Waals surface area contributed by atoms with Crippen molar-refractivity contribution in [2.24, 2.45) is 0 Å². The first kappa shape index (κ1) is 13.4. The van der Waals surface area contributed by atoms with Gasteiger partial charge in [-0.05, 0) is 13.0 Å². The SMILES string of the molecule is CNc1nccc(C(=O)N(C)CC(C)O)c1F. The molecular weight excluding hydrogens is 225 g/mol. The van der Waals surface area contributed by atoms with Crippen LogP contribution in [-0.4, -0.2) is 47.6 Å². The van der Waals surface area contributed by atoms with Crippen molar-refractivity contribution in [3.05, 3.63) is 23.6 Å². The van der Waals surface area contributed by atoms with Crippen LogP contribution in [0.3, 0.4) is 0 Å². The predicted octanol–water partition coefficient (Wildman–Crippen LogP) is 0.715. The van der Waals surface area contributed by atoms with Crippen molar-refractivity contribution in [3.8, 4) is 0 Å². The van der Waals surface area contributed by atoms with Crippen molar-refractivity contribution in [1.29, 1.82) is 0 Å². The van der Waals surface area contributed by atoms with Crippen LogP contribution in [0.1, 0.15) is 17.3 Å². The van der Waals surface area contributed by atoms with Gasteiger partial charge in [-0.25, -0.2) is 9.37 Å². The molecule has 1 aromatic rings. The summed E-state index contributed by atoms with van der Waals surface area (Å²) < 4.78 is 13.8. The van der Waals surface area contributed by atoms with E-state index >= 15 is 0 Å². The van der Waals surface area contributed by atoms with E-state index in [0.717, 1.165) is 0 Å². The van der Waals surface area contributed by atoms with E-state index < -0.39 is 17.8 Å². The lowest BCUT2D eigenvalue weighted by Crippen LogP contribution is -2.33.